The van der Waals surface area contributed by atoms with Gasteiger partial charge < -0.3 is 10.1 Å². The highest BCUT2D eigenvalue weighted by molar-refractivity contribution is 7.17. The Balaban J connectivity index is 1.75. The van der Waals surface area contributed by atoms with Gasteiger partial charge in [-0.3, -0.25) is 9.69 Å². The average Bonchev–Trinajstić information content (AvgIpc) is 2.81. The molecule has 0 unspecified atom stereocenters. The number of fused-ring (bicyclic) bond motifs is 1. The number of amides is 1. The zero-order valence-corrected chi connectivity index (χ0v) is 16.6. The number of thiophene rings is 1. The van der Waals surface area contributed by atoms with E-state index in [1.54, 1.807) is 11.3 Å². The van der Waals surface area contributed by atoms with E-state index in [-0.39, 0.29) is 11.9 Å². The number of rotatable bonds is 5. The van der Waals surface area contributed by atoms with Gasteiger partial charge in [0.1, 0.15) is 5.00 Å². The molecule has 6 heteroatoms. The van der Waals surface area contributed by atoms with E-state index < -0.39 is 0 Å². The highest BCUT2D eigenvalue weighted by Gasteiger charge is 2.27. The number of anilines is 1. The fraction of sp³-hybridized carbons (Fsp3) is 0.700. The van der Waals surface area contributed by atoms with Crippen LogP contribution >= 0.6 is 11.3 Å². The monoisotopic (exact) mass is 378 g/mol. The number of aryl methyl sites for hydroxylation is 1. The molecule has 1 aliphatic heterocycles. The Kier molecular flexibility index (Phi) is 7.08. The first-order valence-electron chi connectivity index (χ1n) is 10.0. The van der Waals surface area contributed by atoms with Crippen molar-refractivity contribution in [2.24, 2.45) is 0 Å². The van der Waals surface area contributed by atoms with E-state index in [9.17, 15) is 9.59 Å². The van der Waals surface area contributed by atoms with Gasteiger partial charge in [-0.2, -0.15) is 0 Å². The lowest BCUT2D eigenvalue weighted by atomic mass is 10.1. The molecule has 144 valence electrons. The maximum absolute atomic E-state index is 12.6. The molecule has 1 saturated heterocycles. The van der Waals surface area contributed by atoms with Crippen LogP contribution in [0.5, 0.6) is 0 Å². The number of nitrogens with one attached hydrogen (secondary N) is 1. The van der Waals surface area contributed by atoms with Gasteiger partial charge in [-0.25, -0.2) is 4.79 Å². The van der Waals surface area contributed by atoms with Crippen LogP contribution in [0.15, 0.2) is 0 Å². The van der Waals surface area contributed by atoms with Crippen LogP contribution in [0.25, 0.3) is 0 Å². The fourth-order valence-corrected chi connectivity index (χ4v) is 5.21. The number of carbonyl (C=O) groups is 2. The minimum Gasteiger partial charge on any atom is -0.462 e. The Labute approximate surface area is 160 Å². The van der Waals surface area contributed by atoms with Gasteiger partial charge in [-0.1, -0.05) is 19.3 Å². The summed E-state index contributed by atoms with van der Waals surface area (Å²) in [7, 11) is 0. The minimum atomic E-state index is -0.294. The second kappa shape index (κ2) is 9.51. The number of hydrogen-bond acceptors (Lipinski definition) is 5. The van der Waals surface area contributed by atoms with Gasteiger partial charge in [0.25, 0.3) is 0 Å². The van der Waals surface area contributed by atoms with E-state index in [2.05, 4.69) is 10.2 Å². The number of hydrogen-bond donors (Lipinski definition) is 1. The van der Waals surface area contributed by atoms with Gasteiger partial charge in [0.2, 0.25) is 5.91 Å². The van der Waals surface area contributed by atoms with Crippen molar-refractivity contribution < 1.29 is 14.3 Å². The van der Waals surface area contributed by atoms with Crippen LogP contribution in [0.1, 0.15) is 72.7 Å². The standard InChI is InChI=1S/C20H30N2O3S/c1-2-25-20(24)18-15-10-6-5-7-11-16(15)26-19(18)21-17(23)14-22-12-8-3-4-9-13-22/h2-14H2,1H3,(H,21,23). The summed E-state index contributed by atoms with van der Waals surface area (Å²) in [4.78, 5) is 28.6. The largest absolute Gasteiger partial charge is 0.462 e. The lowest BCUT2D eigenvalue weighted by Gasteiger charge is -2.19. The third-order valence-corrected chi connectivity index (χ3v) is 6.43. The zero-order valence-electron chi connectivity index (χ0n) is 15.8. The van der Waals surface area contributed by atoms with Crippen LogP contribution in [0.3, 0.4) is 0 Å². The summed E-state index contributed by atoms with van der Waals surface area (Å²) >= 11 is 1.57. The Bertz CT molecular complexity index is 633. The summed E-state index contributed by atoms with van der Waals surface area (Å²) in [6.07, 6.45) is 10.2. The molecule has 1 N–H and O–H groups in total. The van der Waals surface area contributed by atoms with Gasteiger partial charge in [0, 0.05) is 4.88 Å². The SMILES string of the molecule is CCOC(=O)c1c(NC(=O)CN2CCCCCC2)sc2c1CCCCC2. The normalized spacial score (nSPS) is 18.5. The molecule has 1 fully saturated rings. The van der Waals surface area contributed by atoms with Gasteiger partial charge in [0.15, 0.2) is 0 Å². The average molecular weight is 379 g/mol. The number of esters is 1. The molecule has 1 aromatic heterocycles. The molecule has 0 radical (unpaired) electrons. The van der Waals surface area contributed by atoms with Gasteiger partial charge >= 0.3 is 5.97 Å². The molecule has 3 rings (SSSR count). The second-order valence-corrected chi connectivity index (χ2v) is 8.33. The first kappa shape index (κ1) is 19.4. The van der Waals surface area contributed by atoms with Gasteiger partial charge in [-0.05, 0) is 64.1 Å². The Morgan fingerprint density at radius 3 is 2.46 bits per heavy atom. The Morgan fingerprint density at radius 1 is 1.04 bits per heavy atom. The van der Waals surface area contributed by atoms with Crippen molar-refractivity contribution in [3.63, 3.8) is 0 Å². The number of ether oxygens (including phenoxy) is 1. The molecular formula is C20H30N2O3S. The van der Waals surface area contributed by atoms with Crippen molar-refractivity contribution in [2.75, 3.05) is 31.6 Å². The topological polar surface area (TPSA) is 58.6 Å². The maximum Gasteiger partial charge on any atom is 0.341 e. The summed E-state index contributed by atoms with van der Waals surface area (Å²) in [6.45, 7) is 4.55. The first-order chi connectivity index (χ1) is 12.7. The zero-order chi connectivity index (χ0) is 18.4. The summed E-state index contributed by atoms with van der Waals surface area (Å²) in [5.74, 6) is -0.314. The van der Waals surface area contributed by atoms with E-state index in [4.69, 9.17) is 4.74 Å². The van der Waals surface area contributed by atoms with Gasteiger partial charge in [-0.15, -0.1) is 11.3 Å². The minimum absolute atomic E-state index is 0.0196. The summed E-state index contributed by atoms with van der Waals surface area (Å²) in [6, 6.07) is 0. The first-order valence-corrected chi connectivity index (χ1v) is 10.8. The summed E-state index contributed by atoms with van der Waals surface area (Å²) < 4.78 is 5.29. The van der Waals surface area contributed by atoms with E-state index >= 15 is 0 Å². The van der Waals surface area contributed by atoms with Crippen molar-refractivity contribution in [2.45, 2.75) is 64.7 Å². The molecule has 0 bridgehead atoms. The fourth-order valence-electron chi connectivity index (χ4n) is 3.91. The van der Waals surface area contributed by atoms with Crippen LogP contribution in [-0.2, 0) is 22.4 Å². The molecule has 0 spiro atoms. The molecule has 5 nitrogen and oxygen atoms in total. The van der Waals surface area contributed by atoms with E-state index in [0.717, 1.165) is 57.2 Å². The van der Waals surface area contributed by atoms with Crippen LogP contribution in [0, 0.1) is 0 Å². The lowest BCUT2D eigenvalue weighted by Crippen LogP contribution is -2.34. The lowest BCUT2D eigenvalue weighted by molar-refractivity contribution is -0.117. The predicted octanol–water partition coefficient (Wildman–Crippen LogP) is 4.01. The molecule has 26 heavy (non-hydrogen) atoms. The highest BCUT2D eigenvalue weighted by Crippen LogP contribution is 2.38. The van der Waals surface area contributed by atoms with Crippen molar-refractivity contribution in [1.29, 1.82) is 0 Å². The molecule has 0 atom stereocenters. The second-order valence-electron chi connectivity index (χ2n) is 7.23. The third-order valence-electron chi connectivity index (χ3n) is 5.22. The van der Waals surface area contributed by atoms with E-state index in [1.165, 1.54) is 24.1 Å². The van der Waals surface area contributed by atoms with Crippen molar-refractivity contribution in [3.8, 4) is 0 Å². The Morgan fingerprint density at radius 2 is 1.73 bits per heavy atom. The molecule has 2 heterocycles. The number of nitrogens with zero attached hydrogens (tertiary/aromatic N) is 1. The molecule has 1 amide bonds. The summed E-state index contributed by atoms with van der Waals surface area (Å²) in [5, 5.41) is 3.72. The smallest absolute Gasteiger partial charge is 0.341 e. The van der Waals surface area contributed by atoms with Crippen LogP contribution in [-0.4, -0.2) is 43.0 Å². The van der Waals surface area contributed by atoms with Crippen LogP contribution in [0.2, 0.25) is 0 Å². The molecule has 0 aromatic carbocycles. The van der Waals surface area contributed by atoms with Crippen molar-refractivity contribution in [3.05, 3.63) is 16.0 Å². The molecule has 1 aromatic rings. The van der Waals surface area contributed by atoms with E-state index in [1.807, 2.05) is 6.92 Å². The van der Waals surface area contributed by atoms with Crippen molar-refractivity contribution in [1.82, 2.24) is 4.90 Å². The third kappa shape index (κ3) is 4.86. The summed E-state index contributed by atoms with van der Waals surface area (Å²) in [5.41, 5.74) is 1.72. The maximum atomic E-state index is 12.6. The molecule has 2 aliphatic rings. The quantitative estimate of drug-likeness (QED) is 0.621. The molecule has 0 saturated carbocycles. The number of carbonyl (C=O) groups excluding carboxylic acids is 2. The number of likely N-dealkylation sites (tertiary alicyclic amines) is 1. The predicted molar refractivity (Wildman–Crippen MR) is 105 cm³/mol. The highest BCUT2D eigenvalue weighted by atomic mass is 32.1. The van der Waals surface area contributed by atoms with Crippen molar-refractivity contribution >= 4 is 28.2 Å². The Hall–Kier alpha value is -1.40. The molecule has 1 aliphatic carbocycles. The van der Waals surface area contributed by atoms with E-state index in [0.29, 0.717) is 23.7 Å². The van der Waals surface area contributed by atoms with Gasteiger partial charge in [0.05, 0.1) is 18.7 Å². The molecular weight excluding hydrogens is 348 g/mol. The van der Waals surface area contributed by atoms with Crippen LogP contribution in [0.4, 0.5) is 5.00 Å². The van der Waals surface area contributed by atoms with Crippen LogP contribution < -0.4 is 5.32 Å².